The lowest BCUT2D eigenvalue weighted by Crippen LogP contribution is -2.28. The summed E-state index contributed by atoms with van der Waals surface area (Å²) in [6.07, 6.45) is 0.0505. The van der Waals surface area contributed by atoms with Crippen molar-refractivity contribution in [1.29, 1.82) is 0 Å². The summed E-state index contributed by atoms with van der Waals surface area (Å²) in [5.41, 5.74) is 0. The molecule has 0 heterocycles. The minimum atomic E-state index is -1.12. The number of rotatable bonds is 5. The topological polar surface area (TPSA) is 66.4 Å². The van der Waals surface area contributed by atoms with Crippen LogP contribution in [0.15, 0.2) is 0 Å². The number of hydrogen-bond acceptors (Lipinski definition) is 4. The first-order valence-corrected chi connectivity index (χ1v) is 4.24. The van der Waals surface area contributed by atoms with Gasteiger partial charge in [-0.05, 0) is 18.3 Å². The molecule has 0 rings (SSSR count). The normalized spacial score (nSPS) is 12.6. The fourth-order valence-corrected chi connectivity index (χ4v) is 1.06. The van der Waals surface area contributed by atoms with E-state index in [1.807, 2.05) is 13.8 Å². The van der Waals surface area contributed by atoms with Gasteiger partial charge < -0.3 is 14.6 Å². The molecule has 0 aliphatic heterocycles. The van der Waals surface area contributed by atoms with Crippen LogP contribution in [-0.2, 0) is 14.3 Å². The smallest absolute Gasteiger partial charge is 0.305 e. The van der Waals surface area contributed by atoms with Crippen molar-refractivity contribution in [2.45, 2.75) is 26.7 Å². The molecule has 0 fully saturated rings. The molecule has 1 atom stereocenters. The Bertz CT molecular complexity index is 186. The number of carbonyl (C=O) groups is 2. The molecule has 0 N–H and O–H groups in total. The zero-order valence-electron chi connectivity index (χ0n) is 8.20. The van der Waals surface area contributed by atoms with Gasteiger partial charge in [-0.1, -0.05) is 13.8 Å². The third-order valence-corrected chi connectivity index (χ3v) is 2.03. The van der Waals surface area contributed by atoms with Crippen LogP contribution in [0.5, 0.6) is 0 Å². The van der Waals surface area contributed by atoms with Gasteiger partial charge in [0.15, 0.2) is 0 Å². The van der Waals surface area contributed by atoms with Crippen molar-refractivity contribution in [3.63, 3.8) is 0 Å². The summed E-state index contributed by atoms with van der Waals surface area (Å²) in [5.74, 6) is -1.56. The maximum atomic E-state index is 10.9. The van der Waals surface area contributed by atoms with Crippen molar-refractivity contribution >= 4 is 11.9 Å². The molecule has 0 unspecified atom stereocenters. The zero-order chi connectivity index (χ0) is 10.4. The molecule has 0 saturated carbocycles. The molecule has 0 aromatic rings. The van der Waals surface area contributed by atoms with Crippen molar-refractivity contribution in [2.24, 2.45) is 11.8 Å². The standard InChI is InChI=1S/C9H16O4/c1-6(2)7(4-8(10)11)5-9(12)13-3/h6-7H,4-5H2,1-3H3,(H,10,11)/p-1/t7-/m0/s1. The highest BCUT2D eigenvalue weighted by molar-refractivity contribution is 5.71. The quantitative estimate of drug-likeness (QED) is 0.566. The van der Waals surface area contributed by atoms with E-state index in [2.05, 4.69) is 4.74 Å². The largest absolute Gasteiger partial charge is 0.550 e. The Morgan fingerprint density at radius 3 is 2.15 bits per heavy atom. The molecule has 76 valence electrons. The van der Waals surface area contributed by atoms with Crippen molar-refractivity contribution < 1.29 is 19.4 Å². The van der Waals surface area contributed by atoms with Crippen molar-refractivity contribution in [3.8, 4) is 0 Å². The van der Waals surface area contributed by atoms with Gasteiger partial charge >= 0.3 is 5.97 Å². The van der Waals surface area contributed by atoms with E-state index in [1.165, 1.54) is 7.11 Å². The molecule has 4 nitrogen and oxygen atoms in total. The average molecular weight is 187 g/mol. The van der Waals surface area contributed by atoms with Gasteiger partial charge in [0.2, 0.25) is 0 Å². The summed E-state index contributed by atoms with van der Waals surface area (Å²) in [4.78, 5) is 21.2. The van der Waals surface area contributed by atoms with Crippen LogP contribution >= 0.6 is 0 Å². The van der Waals surface area contributed by atoms with Crippen LogP contribution in [-0.4, -0.2) is 19.0 Å². The number of ether oxygens (including phenoxy) is 1. The summed E-state index contributed by atoms with van der Waals surface area (Å²) in [6.45, 7) is 3.74. The Morgan fingerprint density at radius 2 is 1.85 bits per heavy atom. The Morgan fingerprint density at radius 1 is 1.31 bits per heavy atom. The molecule has 0 bridgehead atoms. The van der Waals surface area contributed by atoms with Crippen LogP contribution < -0.4 is 5.11 Å². The van der Waals surface area contributed by atoms with Gasteiger partial charge in [-0.15, -0.1) is 0 Å². The molecular weight excluding hydrogens is 172 g/mol. The van der Waals surface area contributed by atoms with E-state index in [0.29, 0.717) is 0 Å². The van der Waals surface area contributed by atoms with E-state index in [1.54, 1.807) is 0 Å². The Labute approximate surface area is 77.9 Å². The fraction of sp³-hybridized carbons (Fsp3) is 0.778. The molecule has 0 amide bonds. The van der Waals surface area contributed by atoms with E-state index < -0.39 is 5.97 Å². The van der Waals surface area contributed by atoms with Gasteiger partial charge in [-0.3, -0.25) is 4.79 Å². The van der Waals surface area contributed by atoms with Crippen LogP contribution in [0.4, 0.5) is 0 Å². The first kappa shape index (κ1) is 11.9. The molecular formula is C9H15O4-. The zero-order valence-corrected chi connectivity index (χ0v) is 8.20. The molecule has 0 aromatic heterocycles. The van der Waals surface area contributed by atoms with E-state index in [9.17, 15) is 14.7 Å². The number of carboxylic acids is 1. The third-order valence-electron chi connectivity index (χ3n) is 2.03. The van der Waals surface area contributed by atoms with Gasteiger partial charge in [-0.2, -0.15) is 0 Å². The number of hydrogen-bond donors (Lipinski definition) is 0. The number of aliphatic carboxylic acids is 1. The van der Waals surface area contributed by atoms with E-state index >= 15 is 0 Å². The second-order valence-electron chi connectivity index (χ2n) is 3.36. The lowest BCUT2D eigenvalue weighted by Gasteiger charge is -2.19. The van der Waals surface area contributed by atoms with Gasteiger partial charge in [0, 0.05) is 12.4 Å². The van der Waals surface area contributed by atoms with Crippen molar-refractivity contribution in [1.82, 2.24) is 0 Å². The van der Waals surface area contributed by atoms with Crippen molar-refractivity contribution in [3.05, 3.63) is 0 Å². The summed E-state index contributed by atoms with van der Waals surface area (Å²) >= 11 is 0. The van der Waals surface area contributed by atoms with Crippen LogP contribution in [0.3, 0.4) is 0 Å². The summed E-state index contributed by atoms with van der Waals surface area (Å²) in [6, 6.07) is 0. The first-order chi connectivity index (χ1) is 5.97. The van der Waals surface area contributed by atoms with Crippen LogP contribution in [0, 0.1) is 11.8 Å². The summed E-state index contributed by atoms with van der Waals surface area (Å²) < 4.78 is 4.46. The van der Waals surface area contributed by atoms with E-state index in [-0.39, 0.29) is 30.6 Å². The maximum absolute atomic E-state index is 10.9. The molecule has 0 radical (unpaired) electrons. The molecule has 0 aromatic carbocycles. The predicted octanol–water partition coefficient (Wildman–Crippen LogP) is -0.0383. The van der Waals surface area contributed by atoms with Crippen LogP contribution in [0.25, 0.3) is 0 Å². The van der Waals surface area contributed by atoms with Gasteiger partial charge in [-0.25, -0.2) is 0 Å². The highest BCUT2D eigenvalue weighted by Gasteiger charge is 2.17. The highest BCUT2D eigenvalue weighted by atomic mass is 16.5. The second-order valence-corrected chi connectivity index (χ2v) is 3.36. The maximum Gasteiger partial charge on any atom is 0.305 e. The monoisotopic (exact) mass is 187 g/mol. The van der Waals surface area contributed by atoms with Crippen LogP contribution in [0.1, 0.15) is 26.7 Å². The van der Waals surface area contributed by atoms with Gasteiger partial charge in [0.05, 0.1) is 7.11 Å². The molecule has 13 heavy (non-hydrogen) atoms. The lowest BCUT2D eigenvalue weighted by molar-refractivity contribution is -0.307. The van der Waals surface area contributed by atoms with Crippen LogP contribution in [0.2, 0.25) is 0 Å². The molecule has 0 aliphatic rings. The number of carboxylic acid groups (broad SMARTS) is 1. The first-order valence-electron chi connectivity index (χ1n) is 4.24. The Kier molecular flexibility index (Phi) is 5.11. The second kappa shape index (κ2) is 5.56. The Balaban J connectivity index is 4.09. The number of esters is 1. The number of methoxy groups -OCH3 is 1. The average Bonchev–Trinajstić information content (AvgIpc) is 2.02. The molecule has 4 heteroatoms. The minimum Gasteiger partial charge on any atom is -0.550 e. The van der Waals surface area contributed by atoms with Crippen molar-refractivity contribution in [2.75, 3.05) is 7.11 Å². The minimum absolute atomic E-state index is 0.0905. The highest BCUT2D eigenvalue weighted by Crippen LogP contribution is 2.19. The fourth-order valence-electron chi connectivity index (χ4n) is 1.06. The van der Waals surface area contributed by atoms with E-state index in [4.69, 9.17) is 0 Å². The van der Waals surface area contributed by atoms with E-state index in [0.717, 1.165) is 0 Å². The SMILES string of the molecule is COC(=O)C[C@H](CC(=O)[O-])C(C)C. The molecule has 0 spiro atoms. The summed E-state index contributed by atoms with van der Waals surface area (Å²) in [7, 11) is 1.29. The Hall–Kier alpha value is -1.06. The number of carbonyl (C=O) groups excluding carboxylic acids is 2. The third kappa shape index (κ3) is 5.22. The predicted molar refractivity (Wildman–Crippen MR) is 44.6 cm³/mol. The lowest BCUT2D eigenvalue weighted by atomic mass is 9.89. The molecule has 0 saturated heterocycles. The van der Waals surface area contributed by atoms with Gasteiger partial charge in [0.25, 0.3) is 0 Å². The molecule has 0 aliphatic carbocycles. The summed E-state index contributed by atoms with van der Waals surface area (Å²) in [5, 5.41) is 10.3. The van der Waals surface area contributed by atoms with Gasteiger partial charge in [0.1, 0.15) is 0 Å².